The lowest BCUT2D eigenvalue weighted by atomic mass is 10.0. The van der Waals surface area contributed by atoms with Crippen molar-refractivity contribution in [2.24, 2.45) is 11.7 Å². The summed E-state index contributed by atoms with van der Waals surface area (Å²) in [5, 5.41) is 13.3. The van der Waals surface area contributed by atoms with Gasteiger partial charge in [0.15, 0.2) is 0 Å². The Labute approximate surface area is 259 Å². The van der Waals surface area contributed by atoms with Crippen LogP contribution in [0.3, 0.4) is 0 Å². The van der Waals surface area contributed by atoms with Gasteiger partial charge in [0, 0.05) is 49.8 Å². The molecule has 0 spiro atoms. The summed E-state index contributed by atoms with van der Waals surface area (Å²) in [6.45, 7) is 7.09. The monoisotopic (exact) mass is 604 g/mol. The number of fused-ring (bicyclic) bond motifs is 3. The van der Waals surface area contributed by atoms with Crippen molar-refractivity contribution in [3.8, 4) is 11.8 Å². The van der Waals surface area contributed by atoms with Gasteiger partial charge >= 0.3 is 0 Å². The fourth-order valence-electron chi connectivity index (χ4n) is 6.24. The van der Waals surface area contributed by atoms with E-state index in [4.69, 9.17) is 25.6 Å². The molecule has 2 N–H and O–H groups in total. The first-order valence-corrected chi connectivity index (χ1v) is 16.0. The first-order chi connectivity index (χ1) is 21.4. The van der Waals surface area contributed by atoms with Gasteiger partial charge in [-0.2, -0.15) is 10.4 Å². The molecule has 6 aliphatic rings. The molecule has 1 aromatic carbocycles. The summed E-state index contributed by atoms with van der Waals surface area (Å²) < 4.78 is 12.8. The van der Waals surface area contributed by atoms with Crippen molar-refractivity contribution in [2.45, 2.75) is 96.2 Å². The molecule has 4 aliphatic heterocycles. The number of nitrogens with zero attached hydrogens (tertiary/aromatic N) is 5. The van der Waals surface area contributed by atoms with Crippen LogP contribution in [0.4, 0.5) is 5.82 Å². The summed E-state index contributed by atoms with van der Waals surface area (Å²) in [6.07, 6.45) is 11.6. The number of hydrogen-bond acceptors (Lipinski definition) is 7. The van der Waals surface area contributed by atoms with Crippen LogP contribution in [0, 0.1) is 24.2 Å². The van der Waals surface area contributed by atoms with Crippen LogP contribution in [-0.4, -0.2) is 71.4 Å². The number of benzene rings is 1. The first-order valence-electron chi connectivity index (χ1n) is 16.0. The Bertz CT molecular complexity index is 1390. The van der Waals surface area contributed by atoms with E-state index in [0.29, 0.717) is 36.6 Å². The average Bonchev–Trinajstić information content (AvgIpc) is 3.96. The van der Waals surface area contributed by atoms with Crippen molar-refractivity contribution in [2.75, 3.05) is 31.3 Å². The number of aryl methyl sites for hydroxylation is 1. The lowest BCUT2D eigenvalue weighted by molar-refractivity contribution is -0.119. The number of hydrogen-bond donors (Lipinski definition) is 1. The summed E-state index contributed by atoms with van der Waals surface area (Å²) in [6, 6.07) is 8.06. The highest BCUT2D eigenvalue weighted by Crippen LogP contribution is 2.46. The molecular weight excluding hydrogens is 560 g/mol. The third-order valence-corrected chi connectivity index (χ3v) is 8.93. The SMILES string of the molecule is C1CC1.CCN1C(=O)CCc2c(C)nn(C3CCOCC3)c21.N#CC1CC2CC2N1C=O.NC(=O)c1ccc2c(c1)CCO2. The molecule has 3 amide bonds. The number of nitriles is 1. The number of amides is 3. The molecule has 236 valence electrons. The van der Waals surface area contributed by atoms with E-state index in [2.05, 4.69) is 17.7 Å². The van der Waals surface area contributed by atoms with Crippen LogP contribution in [0.1, 0.15) is 91.5 Å². The molecular formula is C33H44N6O5. The minimum atomic E-state index is -0.385. The summed E-state index contributed by atoms with van der Waals surface area (Å²) in [7, 11) is 0. The van der Waals surface area contributed by atoms with Gasteiger partial charge in [0.1, 0.15) is 17.6 Å². The van der Waals surface area contributed by atoms with Crippen molar-refractivity contribution < 1.29 is 23.9 Å². The minimum absolute atomic E-state index is 0.124. The number of anilines is 1. The van der Waals surface area contributed by atoms with E-state index in [1.807, 2.05) is 11.8 Å². The van der Waals surface area contributed by atoms with Gasteiger partial charge in [0.05, 0.1) is 24.4 Å². The number of likely N-dealkylation sites (tertiary alicyclic amines) is 1. The van der Waals surface area contributed by atoms with Crippen LogP contribution < -0.4 is 15.4 Å². The van der Waals surface area contributed by atoms with Gasteiger partial charge in [-0.05, 0) is 75.6 Å². The normalized spacial score (nSPS) is 23.9. The molecule has 3 atom stereocenters. The first kappa shape index (κ1) is 31.5. The second-order valence-electron chi connectivity index (χ2n) is 12.2. The van der Waals surface area contributed by atoms with E-state index in [9.17, 15) is 14.4 Å². The van der Waals surface area contributed by atoms with Crippen LogP contribution in [-0.2, 0) is 27.2 Å². The van der Waals surface area contributed by atoms with E-state index >= 15 is 0 Å². The maximum absolute atomic E-state index is 12.1. The number of rotatable bonds is 4. The molecule has 2 saturated carbocycles. The second kappa shape index (κ2) is 14.2. The van der Waals surface area contributed by atoms with Gasteiger partial charge in [0.2, 0.25) is 18.2 Å². The lowest BCUT2D eigenvalue weighted by Gasteiger charge is -2.31. The third kappa shape index (κ3) is 7.24. The van der Waals surface area contributed by atoms with Gasteiger partial charge in [0.25, 0.3) is 0 Å². The van der Waals surface area contributed by atoms with Crippen molar-refractivity contribution in [1.82, 2.24) is 14.7 Å². The fourth-order valence-corrected chi connectivity index (χ4v) is 6.24. The number of ether oxygens (including phenoxy) is 2. The zero-order chi connectivity index (χ0) is 31.2. The molecule has 3 unspecified atom stereocenters. The summed E-state index contributed by atoms with van der Waals surface area (Å²) in [5.74, 6) is 2.41. The summed E-state index contributed by atoms with van der Waals surface area (Å²) in [4.78, 5) is 36.8. The number of carbonyl (C=O) groups excluding carboxylic acids is 3. The van der Waals surface area contributed by atoms with E-state index < -0.39 is 0 Å². The zero-order valence-corrected chi connectivity index (χ0v) is 25.9. The van der Waals surface area contributed by atoms with E-state index in [0.717, 1.165) is 87.5 Å². The van der Waals surface area contributed by atoms with Gasteiger partial charge in [-0.1, -0.05) is 19.3 Å². The fraction of sp³-hybridized carbons (Fsp3) is 0.606. The van der Waals surface area contributed by atoms with E-state index in [-0.39, 0.29) is 17.9 Å². The highest BCUT2D eigenvalue weighted by atomic mass is 16.5. The number of primary amides is 1. The van der Waals surface area contributed by atoms with Gasteiger partial charge < -0.3 is 20.1 Å². The Kier molecular flexibility index (Phi) is 10.2. The van der Waals surface area contributed by atoms with Crippen molar-refractivity contribution >= 4 is 24.0 Å². The molecule has 11 heteroatoms. The van der Waals surface area contributed by atoms with Gasteiger partial charge in [-0.25, -0.2) is 4.68 Å². The van der Waals surface area contributed by atoms with Crippen molar-refractivity contribution in [1.29, 1.82) is 5.26 Å². The standard InChI is InChI=1S/C14H21N3O2.C9H9NO2.C7H8N2O.C3H6/c1-3-16-13(18)5-4-12-10(2)15-17(14(12)16)11-6-8-19-9-7-11;10-9(11)7-1-2-8-6(5-7)3-4-12-8;8-3-6-1-5-2-7(5)9(6)4-10;1-2-3-1/h11H,3-9H2,1-2H3;1-2,5H,3-4H2,(H2,10,11);4-7H,1-2H2;1-3H2. The van der Waals surface area contributed by atoms with Crippen LogP contribution in [0.2, 0.25) is 0 Å². The number of aromatic nitrogens is 2. The molecule has 4 fully saturated rings. The molecule has 2 aromatic rings. The maximum Gasteiger partial charge on any atom is 0.248 e. The Hall–Kier alpha value is -3.91. The largest absolute Gasteiger partial charge is 0.493 e. The smallest absolute Gasteiger partial charge is 0.248 e. The third-order valence-electron chi connectivity index (χ3n) is 8.93. The van der Waals surface area contributed by atoms with Crippen molar-refractivity contribution in [3.63, 3.8) is 0 Å². The summed E-state index contributed by atoms with van der Waals surface area (Å²) >= 11 is 0. The number of carbonyl (C=O) groups is 3. The topological polar surface area (TPSA) is 144 Å². The molecule has 2 aliphatic carbocycles. The van der Waals surface area contributed by atoms with Crippen LogP contribution >= 0.6 is 0 Å². The predicted octanol–water partition coefficient (Wildman–Crippen LogP) is 3.86. The van der Waals surface area contributed by atoms with Crippen LogP contribution in [0.15, 0.2) is 18.2 Å². The molecule has 1 aromatic heterocycles. The second-order valence-corrected chi connectivity index (χ2v) is 12.2. The molecule has 8 rings (SSSR count). The quantitative estimate of drug-likeness (QED) is 0.522. The van der Waals surface area contributed by atoms with Crippen LogP contribution in [0.5, 0.6) is 5.75 Å². The predicted molar refractivity (Wildman–Crippen MR) is 164 cm³/mol. The highest BCUT2D eigenvalue weighted by Gasteiger charge is 2.51. The highest BCUT2D eigenvalue weighted by molar-refractivity contribution is 5.95. The molecule has 11 nitrogen and oxygen atoms in total. The molecule has 0 bridgehead atoms. The molecule has 5 heterocycles. The van der Waals surface area contributed by atoms with Gasteiger partial charge in [-0.15, -0.1) is 0 Å². The molecule has 2 saturated heterocycles. The molecule has 0 radical (unpaired) electrons. The van der Waals surface area contributed by atoms with Gasteiger partial charge in [-0.3, -0.25) is 19.3 Å². The van der Waals surface area contributed by atoms with E-state index in [1.165, 1.54) is 24.8 Å². The van der Waals surface area contributed by atoms with Crippen molar-refractivity contribution in [3.05, 3.63) is 40.6 Å². The average molecular weight is 605 g/mol. The maximum atomic E-state index is 12.1. The Morgan fingerprint density at radius 1 is 1.14 bits per heavy atom. The zero-order valence-electron chi connectivity index (χ0n) is 25.9. The Balaban J connectivity index is 0.000000131. The number of nitrogens with two attached hydrogens (primary N) is 1. The molecule has 44 heavy (non-hydrogen) atoms. The Morgan fingerprint density at radius 2 is 1.89 bits per heavy atom. The van der Waals surface area contributed by atoms with E-state index in [1.54, 1.807) is 23.1 Å². The number of piperidine rings is 1. The van der Waals surface area contributed by atoms with Crippen LogP contribution in [0.25, 0.3) is 0 Å². The summed E-state index contributed by atoms with van der Waals surface area (Å²) in [5.41, 5.74) is 9.09. The Morgan fingerprint density at radius 3 is 2.50 bits per heavy atom. The lowest BCUT2D eigenvalue weighted by Crippen LogP contribution is -2.37. The minimum Gasteiger partial charge on any atom is -0.493 e.